The number of halogens is 4. The molecule has 0 aromatic heterocycles. The van der Waals surface area contributed by atoms with Gasteiger partial charge in [-0.05, 0) is 48.4 Å². The van der Waals surface area contributed by atoms with Gasteiger partial charge < -0.3 is 5.32 Å². The Hall–Kier alpha value is -0.250. The van der Waals surface area contributed by atoms with Crippen LogP contribution in [0.5, 0.6) is 0 Å². The van der Waals surface area contributed by atoms with Crippen molar-refractivity contribution in [2.24, 2.45) is 0 Å². The molecule has 1 unspecified atom stereocenters. The summed E-state index contributed by atoms with van der Waals surface area (Å²) in [5.41, 5.74) is 2.21. The summed E-state index contributed by atoms with van der Waals surface area (Å²) in [7, 11) is 0. The van der Waals surface area contributed by atoms with E-state index in [2.05, 4.69) is 28.2 Å². The maximum absolute atomic E-state index is 6.04. The van der Waals surface area contributed by atoms with Gasteiger partial charge in [0.1, 0.15) is 0 Å². The Labute approximate surface area is 142 Å². The first-order valence-electron chi connectivity index (χ1n) is 6.09. The molecule has 2 aromatic carbocycles. The summed E-state index contributed by atoms with van der Waals surface area (Å²) < 4.78 is 1.04. The van der Waals surface area contributed by atoms with Crippen molar-refractivity contribution in [1.82, 2.24) is 5.32 Å². The summed E-state index contributed by atoms with van der Waals surface area (Å²) in [5.74, 6) is 0. The normalized spacial score (nSPS) is 12.4. The van der Waals surface area contributed by atoms with Gasteiger partial charge in [0.05, 0.1) is 10.0 Å². The summed E-state index contributed by atoms with van der Waals surface area (Å²) in [6, 6.07) is 11.6. The van der Waals surface area contributed by atoms with Crippen molar-refractivity contribution in [2.75, 3.05) is 0 Å². The highest BCUT2D eigenvalue weighted by molar-refractivity contribution is 9.10. The van der Waals surface area contributed by atoms with E-state index in [1.165, 1.54) is 0 Å². The van der Waals surface area contributed by atoms with Gasteiger partial charge >= 0.3 is 0 Å². The molecule has 106 valence electrons. The molecule has 0 saturated heterocycles. The molecule has 0 amide bonds. The summed E-state index contributed by atoms with van der Waals surface area (Å²) >= 11 is 21.5. The van der Waals surface area contributed by atoms with Crippen LogP contribution in [0.3, 0.4) is 0 Å². The average Bonchev–Trinajstić information content (AvgIpc) is 2.42. The molecule has 0 radical (unpaired) electrons. The second-order valence-electron chi connectivity index (χ2n) is 4.51. The number of nitrogens with one attached hydrogen (secondary N) is 1. The third-order valence-corrected chi connectivity index (χ3v) is 4.80. The van der Waals surface area contributed by atoms with E-state index in [4.69, 9.17) is 34.8 Å². The van der Waals surface area contributed by atoms with Crippen LogP contribution < -0.4 is 5.32 Å². The van der Waals surface area contributed by atoms with E-state index < -0.39 is 0 Å². The van der Waals surface area contributed by atoms with Crippen LogP contribution in [0.1, 0.15) is 24.1 Å². The molecule has 0 spiro atoms. The third-order valence-electron chi connectivity index (χ3n) is 3.05. The van der Waals surface area contributed by atoms with Crippen molar-refractivity contribution in [3.63, 3.8) is 0 Å². The average molecular weight is 394 g/mol. The highest BCUT2D eigenvalue weighted by atomic mass is 79.9. The maximum Gasteiger partial charge on any atom is 0.0595 e. The molecular weight excluding hydrogens is 380 g/mol. The van der Waals surface area contributed by atoms with E-state index in [0.29, 0.717) is 16.6 Å². The van der Waals surface area contributed by atoms with E-state index >= 15 is 0 Å². The highest BCUT2D eigenvalue weighted by Gasteiger charge is 2.08. The fourth-order valence-electron chi connectivity index (χ4n) is 1.84. The van der Waals surface area contributed by atoms with Gasteiger partial charge in [-0.1, -0.05) is 56.8 Å². The Morgan fingerprint density at radius 2 is 1.80 bits per heavy atom. The smallest absolute Gasteiger partial charge is 0.0595 e. The lowest BCUT2D eigenvalue weighted by Gasteiger charge is -2.16. The first kappa shape index (κ1) is 16.1. The quantitative estimate of drug-likeness (QED) is 0.646. The molecule has 0 aliphatic heterocycles. The lowest BCUT2D eigenvalue weighted by molar-refractivity contribution is 0.574. The van der Waals surface area contributed by atoms with Gasteiger partial charge in [-0.3, -0.25) is 0 Å². The van der Waals surface area contributed by atoms with E-state index in [1.54, 1.807) is 0 Å². The van der Waals surface area contributed by atoms with E-state index in [9.17, 15) is 0 Å². The van der Waals surface area contributed by atoms with Crippen LogP contribution in [0, 0.1) is 0 Å². The Morgan fingerprint density at radius 3 is 2.50 bits per heavy atom. The largest absolute Gasteiger partial charge is 0.306 e. The van der Waals surface area contributed by atoms with Crippen LogP contribution in [0.25, 0.3) is 0 Å². The number of rotatable bonds is 4. The third kappa shape index (κ3) is 4.12. The summed E-state index contributed by atoms with van der Waals surface area (Å²) in [6.45, 7) is 2.79. The van der Waals surface area contributed by atoms with Crippen LogP contribution in [-0.4, -0.2) is 0 Å². The zero-order chi connectivity index (χ0) is 14.7. The van der Waals surface area contributed by atoms with Gasteiger partial charge in [-0.25, -0.2) is 0 Å². The predicted octanol–water partition coefficient (Wildman–Crippen LogP) is 6.26. The van der Waals surface area contributed by atoms with Gasteiger partial charge in [0.15, 0.2) is 0 Å². The molecule has 2 aromatic rings. The molecule has 5 heteroatoms. The topological polar surface area (TPSA) is 12.0 Å². The highest BCUT2D eigenvalue weighted by Crippen LogP contribution is 2.26. The zero-order valence-corrected chi connectivity index (χ0v) is 14.6. The fraction of sp³-hybridized carbons (Fsp3) is 0.200. The molecule has 0 fully saturated rings. The molecule has 1 nitrogen and oxygen atoms in total. The van der Waals surface area contributed by atoms with Crippen molar-refractivity contribution in [1.29, 1.82) is 0 Å². The second-order valence-corrected chi connectivity index (χ2v) is 6.62. The van der Waals surface area contributed by atoms with Crippen molar-refractivity contribution in [3.05, 3.63) is 67.1 Å². The number of hydrogen-bond acceptors (Lipinski definition) is 1. The van der Waals surface area contributed by atoms with E-state index in [1.807, 2.05) is 36.4 Å². The number of benzene rings is 2. The Bertz CT molecular complexity index is 616. The molecule has 1 atom stereocenters. The van der Waals surface area contributed by atoms with Gasteiger partial charge in [0.2, 0.25) is 0 Å². The Balaban J connectivity index is 2.06. The summed E-state index contributed by atoms with van der Waals surface area (Å²) in [6.07, 6.45) is 0. The van der Waals surface area contributed by atoms with Gasteiger partial charge in [0.25, 0.3) is 0 Å². The van der Waals surface area contributed by atoms with Gasteiger partial charge in [-0.2, -0.15) is 0 Å². The lowest BCUT2D eigenvalue weighted by atomic mass is 10.1. The molecule has 0 aliphatic carbocycles. The molecule has 1 N–H and O–H groups in total. The van der Waals surface area contributed by atoms with Crippen LogP contribution in [0.4, 0.5) is 0 Å². The molecular formula is C15H13BrCl3N. The Morgan fingerprint density at radius 1 is 1.05 bits per heavy atom. The first-order chi connectivity index (χ1) is 9.47. The summed E-state index contributed by atoms with van der Waals surface area (Å²) in [5, 5.41) is 5.31. The summed E-state index contributed by atoms with van der Waals surface area (Å²) in [4.78, 5) is 0. The SMILES string of the molecule is CC(NCc1cc(Cl)ccc1Br)c1ccc(Cl)c(Cl)c1. The molecule has 0 saturated carbocycles. The minimum absolute atomic E-state index is 0.163. The maximum atomic E-state index is 6.04. The molecule has 20 heavy (non-hydrogen) atoms. The van der Waals surface area contributed by atoms with Crippen molar-refractivity contribution >= 4 is 50.7 Å². The minimum atomic E-state index is 0.163. The van der Waals surface area contributed by atoms with Gasteiger partial charge in [-0.15, -0.1) is 0 Å². The van der Waals surface area contributed by atoms with Crippen LogP contribution in [0.15, 0.2) is 40.9 Å². The van der Waals surface area contributed by atoms with Crippen molar-refractivity contribution < 1.29 is 0 Å². The second kappa shape index (κ2) is 7.15. The predicted molar refractivity (Wildman–Crippen MR) is 90.9 cm³/mol. The first-order valence-corrected chi connectivity index (χ1v) is 8.02. The molecule has 0 bridgehead atoms. The Kier molecular flexibility index (Phi) is 5.76. The van der Waals surface area contributed by atoms with Crippen molar-refractivity contribution in [3.8, 4) is 0 Å². The van der Waals surface area contributed by atoms with Crippen molar-refractivity contribution in [2.45, 2.75) is 19.5 Å². The minimum Gasteiger partial charge on any atom is -0.306 e. The molecule has 2 rings (SSSR count). The van der Waals surface area contributed by atoms with Crippen LogP contribution >= 0.6 is 50.7 Å². The van der Waals surface area contributed by atoms with Gasteiger partial charge in [0, 0.05) is 22.1 Å². The fourth-order valence-corrected chi connectivity index (χ4v) is 2.73. The standard InChI is InChI=1S/C15H13BrCl3N/c1-9(10-2-5-14(18)15(19)7-10)20-8-11-6-12(17)3-4-13(11)16/h2-7,9,20H,8H2,1H3. The van der Waals surface area contributed by atoms with Crippen LogP contribution in [-0.2, 0) is 6.54 Å². The number of hydrogen-bond donors (Lipinski definition) is 1. The van der Waals surface area contributed by atoms with Crippen LogP contribution in [0.2, 0.25) is 15.1 Å². The van der Waals surface area contributed by atoms with E-state index in [0.717, 1.165) is 20.6 Å². The zero-order valence-electron chi connectivity index (χ0n) is 10.8. The molecule has 0 aliphatic rings. The lowest BCUT2D eigenvalue weighted by Crippen LogP contribution is -2.18. The molecule has 0 heterocycles. The van der Waals surface area contributed by atoms with E-state index in [-0.39, 0.29) is 6.04 Å². The monoisotopic (exact) mass is 391 g/mol.